The zero-order valence-corrected chi connectivity index (χ0v) is 12.3. The molecule has 86 valence electrons. The molecule has 0 bridgehead atoms. The van der Waals surface area contributed by atoms with Gasteiger partial charge in [-0.1, -0.05) is 6.92 Å². The molecule has 0 unspecified atom stereocenters. The van der Waals surface area contributed by atoms with Gasteiger partial charge in [-0.25, -0.2) is 4.98 Å². The van der Waals surface area contributed by atoms with Crippen molar-refractivity contribution in [1.82, 2.24) is 15.6 Å². The number of aliphatic imine (C=N–C) groups is 1. The quantitative estimate of drug-likeness (QED) is 0.499. The molecule has 0 aliphatic heterocycles. The number of hydrogen-bond donors (Lipinski definition) is 2. The van der Waals surface area contributed by atoms with Crippen molar-refractivity contribution < 1.29 is 0 Å². The highest BCUT2D eigenvalue weighted by atomic mass is 127. The highest BCUT2D eigenvalue weighted by Crippen LogP contribution is 2.09. The standard InChI is InChI=1S/C9H16N4S.HI/c1-4-8-13-7(6-14-8)5-12-9(10-2)11-3;/h6H,4-5H2,1-3H3,(H2,10,11,12);1H. The van der Waals surface area contributed by atoms with Crippen LogP contribution in [0.4, 0.5) is 0 Å². The van der Waals surface area contributed by atoms with Gasteiger partial charge in [-0.15, -0.1) is 35.3 Å². The van der Waals surface area contributed by atoms with Gasteiger partial charge >= 0.3 is 0 Å². The van der Waals surface area contributed by atoms with Crippen molar-refractivity contribution >= 4 is 41.3 Å². The highest BCUT2D eigenvalue weighted by Gasteiger charge is 2.00. The lowest BCUT2D eigenvalue weighted by molar-refractivity contribution is 0.837. The summed E-state index contributed by atoms with van der Waals surface area (Å²) >= 11 is 1.71. The summed E-state index contributed by atoms with van der Waals surface area (Å²) in [5.74, 6) is 0.788. The summed E-state index contributed by atoms with van der Waals surface area (Å²) in [4.78, 5) is 8.46. The summed E-state index contributed by atoms with van der Waals surface area (Å²) in [6.45, 7) is 2.84. The summed E-state index contributed by atoms with van der Waals surface area (Å²) < 4.78 is 0. The molecule has 0 fully saturated rings. The maximum atomic E-state index is 4.44. The van der Waals surface area contributed by atoms with E-state index in [-0.39, 0.29) is 24.0 Å². The maximum Gasteiger partial charge on any atom is 0.191 e. The minimum absolute atomic E-state index is 0. The Morgan fingerprint density at radius 1 is 1.60 bits per heavy atom. The van der Waals surface area contributed by atoms with Crippen molar-refractivity contribution in [3.8, 4) is 0 Å². The minimum atomic E-state index is 0. The van der Waals surface area contributed by atoms with Crippen molar-refractivity contribution in [3.05, 3.63) is 16.1 Å². The highest BCUT2D eigenvalue weighted by molar-refractivity contribution is 14.0. The Bertz CT molecular complexity index is 311. The molecule has 0 spiro atoms. The number of thiazole rings is 1. The Morgan fingerprint density at radius 2 is 2.33 bits per heavy atom. The van der Waals surface area contributed by atoms with E-state index in [1.54, 1.807) is 18.4 Å². The fraction of sp³-hybridized carbons (Fsp3) is 0.556. The SMILES string of the molecule is CCc1nc(CNC(=NC)NC)cs1.I. The molecule has 0 atom stereocenters. The van der Waals surface area contributed by atoms with Gasteiger partial charge in [0.2, 0.25) is 0 Å². The van der Waals surface area contributed by atoms with Crippen LogP contribution in [-0.4, -0.2) is 25.0 Å². The van der Waals surface area contributed by atoms with Crippen LogP contribution in [0.2, 0.25) is 0 Å². The summed E-state index contributed by atoms with van der Waals surface area (Å²) in [5.41, 5.74) is 1.07. The minimum Gasteiger partial charge on any atom is -0.359 e. The molecule has 0 saturated heterocycles. The van der Waals surface area contributed by atoms with Gasteiger partial charge in [0.05, 0.1) is 17.2 Å². The van der Waals surface area contributed by atoms with E-state index in [0.29, 0.717) is 0 Å². The topological polar surface area (TPSA) is 49.3 Å². The van der Waals surface area contributed by atoms with Gasteiger partial charge < -0.3 is 10.6 Å². The van der Waals surface area contributed by atoms with E-state index in [0.717, 1.165) is 24.6 Å². The third kappa shape index (κ3) is 4.78. The zero-order chi connectivity index (χ0) is 10.4. The first-order chi connectivity index (χ1) is 6.80. The Kier molecular flexibility index (Phi) is 7.67. The molecule has 1 heterocycles. The van der Waals surface area contributed by atoms with Crippen LogP contribution in [0.1, 0.15) is 17.6 Å². The van der Waals surface area contributed by atoms with Crippen molar-refractivity contribution in [2.45, 2.75) is 19.9 Å². The van der Waals surface area contributed by atoms with Gasteiger partial charge in [0.15, 0.2) is 5.96 Å². The van der Waals surface area contributed by atoms with E-state index in [1.807, 2.05) is 7.05 Å². The number of guanidine groups is 1. The van der Waals surface area contributed by atoms with Crippen molar-refractivity contribution in [2.24, 2.45) is 4.99 Å². The first-order valence-corrected chi connectivity index (χ1v) is 5.49. The average molecular weight is 340 g/mol. The lowest BCUT2D eigenvalue weighted by Crippen LogP contribution is -2.34. The van der Waals surface area contributed by atoms with Gasteiger partial charge in [0.1, 0.15) is 0 Å². The molecule has 0 aliphatic rings. The van der Waals surface area contributed by atoms with Gasteiger partial charge in [0, 0.05) is 19.5 Å². The molecule has 1 rings (SSSR count). The van der Waals surface area contributed by atoms with Crippen LogP contribution in [0, 0.1) is 0 Å². The van der Waals surface area contributed by atoms with Crippen LogP contribution in [0.15, 0.2) is 10.4 Å². The van der Waals surface area contributed by atoms with Gasteiger partial charge in [-0.3, -0.25) is 4.99 Å². The average Bonchev–Trinajstić information content (AvgIpc) is 2.67. The Labute approximate surface area is 112 Å². The second-order valence-corrected chi connectivity index (χ2v) is 3.70. The van der Waals surface area contributed by atoms with Gasteiger partial charge in [-0.2, -0.15) is 0 Å². The molecule has 0 radical (unpaired) electrons. The van der Waals surface area contributed by atoms with Gasteiger partial charge in [-0.05, 0) is 6.42 Å². The Balaban J connectivity index is 0.00000196. The Hall–Kier alpha value is -0.370. The summed E-state index contributed by atoms with van der Waals surface area (Å²) in [6, 6.07) is 0. The molecule has 0 amide bonds. The number of nitrogens with zero attached hydrogens (tertiary/aromatic N) is 2. The van der Waals surface area contributed by atoms with Crippen molar-refractivity contribution in [2.75, 3.05) is 14.1 Å². The normalized spacial score (nSPS) is 10.7. The van der Waals surface area contributed by atoms with Crippen LogP contribution < -0.4 is 10.6 Å². The molecular weight excluding hydrogens is 323 g/mol. The second kappa shape index (κ2) is 7.86. The number of halogens is 1. The number of aromatic nitrogens is 1. The largest absolute Gasteiger partial charge is 0.359 e. The second-order valence-electron chi connectivity index (χ2n) is 2.76. The molecule has 0 aromatic carbocycles. The van der Waals surface area contributed by atoms with Crippen LogP contribution in [0.25, 0.3) is 0 Å². The van der Waals surface area contributed by atoms with Crippen molar-refractivity contribution in [1.29, 1.82) is 0 Å². The van der Waals surface area contributed by atoms with Crippen molar-refractivity contribution in [3.63, 3.8) is 0 Å². The van der Waals surface area contributed by atoms with Crippen LogP contribution >= 0.6 is 35.3 Å². The van der Waals surface area contributed by atoms with Crippen LogP contribution in [-0.2, 0) is 13.0 Å². The van der Waals surface area contributed by atoms with E-state index in [1.165, 1.54) is 5.01 Å². The first kappa shape index (κ1) is 14.6. The van der Waals surface area contributed by atoms with E-state index >= 15 is 0 Å². The summed E-state index contributed by atoms with van der Waals surface area (Å²) in [7, 11) is 3.59. The number of rotatable bonds is 3. The fourth-order valence-electron chi connectivity index (χ4n) is 1.05. The lowest BCUT2D eigenvalue weighted by atomic mass is 10.4. The summed E-state index contributed by atoms with van der Waals surface area (Å²) in [6.07, 6.45) is 1.01. The molecular formula is C9H17IN4S. The monoisotopic (exact) mass is 340 g/mol. The van der Waals surface area contributed by atoms with E-state index in [9.17, 15) is 0 Å². The van der Waals surface area contributed by atoms with Crippen LogP contribution in [0.3, 0.4) is 0 Å². The molecule has 1 aromatic rings. The van der Waals surface area contributed by atoms with E-state index in [4.69, 9.17) is 0 Å². The molecule has 4 nitrogen and oxygen atoms in total. The smallest absolute Gasteiger partial charge is 0.191 e. The van der Waals surface area contributed by atoms with Crippen LogP contribution in [0.5, 0.6) is 0 Å². The third-order valence-electron chi connectivity index (χ3n) is 1.80. The Morgan fingerprint density at radius 3 is 2.80 bits per heavy atom. The molecule has 1 aromatic heterocycles. The molecule has 6 heteroatoms. The maximum absolute atomic E-state index is 4.44. The fourth-order valence-corrected chi connectivity index (χ4v) is 1.79. The molecule has 0 aliphatic carbocycles. The third-order valence-corrected chi connectivity index (χ3v) is 2.84. The number of hydrogen-bond acceptors (Lipinski definition) is 3. The van der Waals surface area contributed by atoms with E-state index in [2.05, 4.69) is 32.9 Å². The lowest BCUT2D eigenvalue weighted by Gasteiger charge is -2.05. The summed E-state index contributed by atoms with van der Waals surface area (Å²) in [5, 5.41) is 9.37. The molecule has 2 N–H and O–H groups in total. The zero-order valence-electron chi connectivity index (χ0n) is 9.20. The predicted octanol–water partition coefficient (Wildman–Crippen LogP) is 1.62. The predicted molar refractivity (Wildman–Crippen MR) is 76.2 cm³/mol. The molecule has 0 saturated carbocycles. The molecule has 15 heavy (non-hydrogen) atoms. The van der Waals surface area contributed by atoms with Gasteiger partial charge in [0.25, 0.3) is 0 Å². The number of nitrogens with one attached hydrogen (secondary N) is 2. The van der Waals surface area contributed by atoms with E-state index < -0.39 is 0 Å². The first-order valence-electron chi connectivity index (χ1n) is 4.61. The number of aryl methyl sites for hydroxylation is 1.